The van der Waals surface area contributed by atoms with Crippen molar-refractivity contribution in [2.75, 3.05) is 22.6 Å². The van der Waals surface area contributed by atoms with Crippen molar-refractivity contribution in [2.24, 2.45) is 0 Å². The molecule has 0 bridgehead atoms. The Morgan fingerprint density at radius 2 is 1.40 bits per heavy atom. The minimum atomic E-state index is -0.731. The molecule has 1 unspecified atom stereocenters. The Kier molecular flexibility index (Phi) is 11.2. The number of esters is 1. The third-order valence-electron chi connectivity index (χ3n) is 7.02. The average Bonchev–Trinajstić information content (AvgIpc) is 3.40. The molecule has 5 aromatic rings. The second-order valence-electron chi connectivity index (χ2n) is 10.4. The van der Waals surface area contributed by atoms with Gasteiger partial charge in [-0.15, -0.1) is 23.1 Å². The van der Waals surface area contributed by atoms with Crippen LogP contribution in [0.25, 0.3) is 0 Å². The molecule has 1 atom stereocenters. The molecule has 238 valence electrons. The first-order valence-corrected chi connectivity index (χ1v) is 16.6. The second kappa shape index (κ2) is 15.9. The molecule has 5 rings (SSSR count). The average molecular weight is 664 g/mol. The minimum Gasteiger partial charge on any atom is -0.462 e. The number of carbonyl (C=O) groups is 4. The summed E-state index contributed by atoms with van der Waals surface area (Å²) in [6.45, 7) is 3.49. The van der Waals surface area contributed by atoms with E-state index in [9.17, 15) is 19.2 Å². The first-order chi connectivity index (χ1) is 22.8. The summed E-state index contributed by atoms with van der Waals surface area (Å²) in [7, 11) is 0. The number of ether oxygens (including phenoxy) is 1. The molecule has 0 aliphatic carbocycles. The lowest BCUT2D eigenvalue weighted by Crippen LogP contribution is -2.20. The molecule has 0 fully saturated rings. The Hall–Kier alpha value is -5.19. The number of rotatable bonds is 12. The van der Waals surface area contributed by atoms with Crippen LogP contribution in [-0.2, 0) is 20.7 Å². The van der Waals surface area contributed by atoms with Crippen molar-refractivity contribution < 1.29 is 23.9 Å². The van der Waals surface area contributed by atoms with Gasteiger partial charge < -0.3 is 20.7 Å². The van der Waals surface area contributed by atoms with Gasteiger partial charge in [0.15, 0.2) is 0 Å². The van der Waals surface area contributed by atoms with Crippen molar-refractivity contribution >= 4 is 63.2 Å². The van der Waals surface area contributed by atoms with Gasteiger partial charge in [-0.3, -0.25) is 14.4 Å². The van der Waals surface area contributed by atoms with Crippen LogP contribution in [0.4, 0.5) is 16.4 Å². The summed E-state index contributed by atoms with van der Waals surface area (Å²) in [5.74, 6) is -1.56. The first kappa shape index (κ1) is 33.2. The SMILES string of the molecule is CCOC(=O)c1c(NC(=O)C(Sc2cccc(NC(=O)Cc3ccccc3)c2)c2ccccc2)sc(C(=O)Nc2ccccc2)c1C. The van der Waals surface area contributed by atoms with Crippen molar-refractivity contribution in [2.45, 2.75) is 30.4 Å². The molecule has 8 nitrogen and oxygen atoms in total. The van der Waals surface area contributed by atoms with Gasteiger partial charge in [-0.25, -0.2) is 4.79 Å². The first-order valence-electron chi connectivity index (χ1n) is 15.0. The maximum Gasteiger partial charge on any atom is 0.341 e. The smallest absolute Gasteiger partial charge is 0.341 e. The number of nitrogens with one attached hydrogen (secondary N) is 3. The van der Waals surface area contributed by atoms with Gasteiger partial charge >= 0.3 is 5.97 Å². The summed E-state index contributed by atoms with van der Waals surface area (Å²) in [5.41, 5.74) is 3.41. The molecule has 1 heterocycles. The Morgan fingerprint density at radius 1 is 0.766 bits per heavy atom. The van der Waals surface area contributed by atoms with Gasteiger partial charge in [0, 0.05) is 16.3 Å². The highest BCUT2D eigenvalue weighted by molar-refractivity contribution is 8.00. The van der Waals surface area contributed by atoms with Crippen molar-refractivity contribution in [3.05, 3.63) is 142 Å². The van der Waals surface area contributed by atoms with Gasteiger partial charge in [-0.1, -0.05) is 84.9 Å². The minimum absolute atomic E-state index is 0.133. The predicted molar refractivity (Wildman–Crippen MR) is 188 cm³/mol. The molecule has 0 aliphatic rings. The van der Waals surface area contributed by atoms with Crippen molar-refractivity contribution in [1.29, 1.82) is 0 Å². The van der Waals surface area contributed by atoms with Gasteiger partial charge in [0.05, 0.1) is 23.5 Å². The van der Waals surface area contributed by atoms with Gasteiger partial charge in [0.1, 0.15) is 10.3 Å². The van der Waals surface area contributed by atoms with Crippen LogP contribution < -0.4 is 16.0 Å². The molecule has 1 aromatic heterocycles. The summed E-state index contributed by atoms with van der Waals surface area (Å²) in [6.07, 6.45) is 0.238. The van der Waals surface area contributed by atoms with Gasteiger partial charge in [0.2, 0.25) is 11.8 Å². The number of benzene rings is 4. The maximum atomic E-state index is 14.0. The van der Waals surface area contributed by atoms with Gasteiger partial charge in [0.25, 0.3) is 5.91 Å². The molecule has 0 spiro atoms. The number of anilines is 3. The van der Waals surface area contributed by atoms with E-state index in [2.05, 4.69) is 16.0 Å². The Balaban J connectivity index is 1.40. The van der Waals surface area contributed by atoms with E-state index in [1.165, 1.54) is 11.8 Å². The maximum absolute atomic E-state index is 14.0. The number of thioether (sulfide) groups is 1. The lowest BCUT2D eigenvalue weighted by molar-refractivity contribution is -0.116. The van der Waals surface area contributed by atoms with E-state index in [0.29, 0.717) is 16.9 Å². The standard InChI is InChI=1S/C37H33N3O5S2/c1-3-45-37(44)31-24(2)32(34(42)39-27-18-11-6-12-19-27)47-36(31)40-35(43)33(26-16-9-5-10-17-26)46-29-21-13-20-28(23-29)38-30(41)22-25-14-7-4-8-15-25/h4-21,23,33H,3,22H2,1-2H3,(H,38,41)(H,39,42)(H,40,43). The van der Waals surface area contributed by atoms with Crippen LogP contribution in [0.1, 0.15) is 48.9 Å². The summed E-state index contributed by atoms with van der Waals surface area (Å²) in [4.78, 5) is 54.2. The number of hydrogen-bond acceptors (Lipinski definition) is 7. The van der Waals surface area contributed by atoms with Gasteiger partial charge in [-0.2, -0.15) is 0 Å². The Morgan fingerprint density at radius 3 is 2.09 bits per heavy atom. The molecule has 0 saturated carbocycles. The third kappa shape index (κ3) is 8.75. The molecule has 3 amide bonds. The zero-order valence-electron chi connectivity index (χ0n) is 25.8. The summed E-state index contributed by atoms with van der Waals surface area (Å²) >= 11 is 2.33. The van der Waals surface area contributed by atoms with Crippen LogP contribution in [0.5, 0.6) is 0 Å². The van der Waals surface area contributed by atoms with Crippen molar-refractivity contribution in [3.63, 3.8) is 0 Å². The quantitative estimate of drug-likeness (QED) is 0.0918. The fraction of sp³-hybridized carbons (Fsp3) is 0.135. The highest BCUT2D eigenvalue weighted by atomic mass is 32.2. The van der Waals surface area contributed by atoms with E-state index < -0.39 is 17.1 Å². The molecule has 47 heavy (non-hydrogen) atoms. The second-order valence-corrected chi connectivity index (χ2v) is 12.6. The third-order valence-corrected chi connectivity index (χ3v) is 9.47. The fourth-order valence-electron chi connectivity index (χ4n) is 4.82. The molecule has 0 radical (unpaired) electrons. The summed E-state index contributed by atoms with van der Waals surface area (Å²) < 4.78 is 5.31. The van der Waals surface area contributed by atoms with Crippen LogP contribution in [-0.4, -0.2) is 30.3 Å². The number of thiophene rings is 1. The number of hydrogen-bond donors (Lipinski definition) is 3. The van der Waals surface area contributed by atoms with Crippen LogP contribution in [0.15, 0.2) is 120 Å². The van der Waals surface area contributed by atoms with E-state index in [1.807, 2.05) is 97.1 Å². The molecular formula is C37H33N3O5S2. The summed E-state index contributed by atoms with van der Waals surface area (Å²) in [6, 6.07) is 35.1. The molecule has 0 saturated heterocycles. The highest BCUT2D eigenvalue weighted by Crippen LogP contribution is 2.40. The predicted octanol–water partition coefficient (Wildman–Crippen LogP) is 8.14. The lowest BCUT2D eigenvalue weighted by Gasteiger charge is -2.18. The van der Waals surface area contributed by atoms with Crippen molar-refractivity contribution in [1.82, 2.24) is 0 Å². The van der Waals surface area contributed by atoms with E-state index >= 15 is 0 Å². The molecule has 4 aromatic carbocycles. The monoisotopic (exact) mass is 663 g/mol. The van der Waals surface area contributed by atoms with Crippen LogP contribution in [0.2, 0.25) is 0 Å². The van der Waals surface area contributed by atoms with E-state index in [-0.39, 0.29) is 40.3 Å². The molecular weight excluding hydrogens is 631 g/mol. The molecule has 10 heteroatoms. The summed E-state index contributed by atoms with van der Waals surface area (Å²) in [5, 5.41) is 8.22. The highest BCUT2D eigenvalue weighted by Gasteiger charge is 2.30. The largest absolute Gasteiger partial charge is 0.462 e. The van der Waals surface area contributed by atoms with Crippen LogP contribution in [0, 0.1) is 6.92 Å². The van der Waals surface area contributed by atoms with E-state index in [0.717, 1.165) is 27.4 Å². The van der Waals surface area contributed by atoms with Crippen molar-refractivity contribution in [3.8, 4) is 0 Å². The van der Waals surface area contributed by atoms with E-state index in [1.54, 1.807) is 32.0 Å². The lowest BCUT2D eigenvalue weighted by atomic mass is 10.1. The van der Waals surface area contributed by atoms with Crippen LogP contribution >= 0.6 is 23.1 Å². The molecule has 0 aliphatic heterocycles. The Bertz CT molecular complexity index is 1860. The zero-order valence-corrected chi connectivity index (χ0v) is 27.5. The molecule has 3 N–H and O–H groups in total. The topological polar surface area (TPSA) is 114 Å². The Labute approximate surface area is 281 Å². The fourth-order valence-corrected chi connectivity index (χ4v) is 7.00. The van der Waals surface area contributed by atoms with Gasteiger partial charge in [-0.05, 0) is 60.9 Å². The number of para-hydroxylation sites is 1. The number of amides is 3. The normalized spacial score (nSPS) is 11.3. The number of carbonyl (C=O) groups excluding carboxylic acids is 4. The zero-order chi connectivity index (χ0) is 33.2. The van der Waals surface area contributed by atoms with E-state index in [4.69, 9.17) is 4.74 Å². The van der Waals surface area contributed by atoms with Crippen LogP contribution in [0.3, 0.4) is 0 Å².